The normalized spacial score (nSPS) is 18.8. The van der Waals surface area contributed by atoms with Crippen LogP contribution in [0.25, 0.3) is 0 Å². The summed E-state index contributed by atoms with van der Waals surface area (Å²) in [6.07, 6.45) is 7.26. The molecule has 2 aliphatic rings. The van der Waals surface area contributed by atoms with Crippen molar-refractivity contribution in [2.75, 3.05) is 43.1 Å². The van der Waals surface area contributed by atoms with Crippen molar-refractivity contribution in [3.8, 4) is 5.75 Å². The summed E-state index contributed by atoms with van der Waals surface area (Å²) >= 11 is 0. The average molecular weight is 665 g/mol. The molecule has 2 aromatic rings. The molecule has 2 aromatic carbocycles. The maximum Gasteiger partial charge on any atom is 0.317 e. The molecule has 12 heteroatoms. The third-order valence-corrected chi connectivity index (χ3v) is 9.24. The molecule has 262 valence electrons. The van der Waals surface area contributed by atoms with Gasteiger partial charge >= 0.3 is 6.03 Å². The van der Waals surface area contributed by atoms with Crippen LogP contribution < -0.4 is 26.4 Å². The predicted octanol–water partition coefficient (Wildman–Crippen LogP) is 4.99. The molecule has 1 heterocycles. The molecule has 0 unspecified atom stereocenters. The number of para-hydroxylation sites is 3. The summed E-state index contributed by atoms with van der Waals surface area (Å²) in [6, 6.07) is 11.7. The fourth-order valence-electron chi connectivity index (χ4n) is 6.23. The van der Waals surface area contributed by atoms with Crippen molar-refractivity contribution in [1.29, 1.82) is 0 Å². The topological polar surface area (TPSA) is 166 Å². The maximum atomic E-state index is 13.8. The van der Waals surface area contributed by atoms with Crippen LogP contribution in [0.4, 0.5) is 21.9 Å². The Hall–Kier alpha value is -4.32. The highest BCUT2D eigenvalue weighted by molar-refractivity contribution is 6.01. The van der Waals surface area contributed by atoms with Gasteiger partial charge in [0.05, 0.1) is 41.8 Å². The Morgan fingerprint density at radius 3 is 2.29 bits per heavy atom. The van der Waals surface area contributed by atoms with E-state index in [0.717, 1.165) is 25.7 Å². The lowest BCUT2D eigenvalue weighted by atomic mass is 9.96. The van der Waals surface area contributed by atoms with Crippen molar-refractivity contribution in [3.05, 3.63) is 48.0 Å². The van der Waals surface area contributed by atoms with Crippen LogP contribution >= 0.6 is 0 Å². The van der Waals surface area contributed by atoms with E-state index in [2.05, 4.69) is 16.0 Å². The highest BCUT2D eigenvalue weighted by Crippen LogP contribution is 2.35. The van der Waals surface area contributed by atoms with Gasteiger partial charge < -0.3 is 41.3 Å². The number of aliphatic hydroxyl groups excluding tert-OH is 1. The van der Waals surface area contributed by atoms with Gasteiger partial charge in [0.15, 0.2) is 5.75 Å². The summed E-state index contributed by atoms with van der Waals surface area (Å²) in [7, 11) is 1.74. The van der Waals surface area contributed by atoms with Crippen LogP contribution in [0.3, 0.4) is 0 Å². The molecule has 0 aromatic heterocycles. The first-order valence-electron chi connectivity index (χ1n) is 17.2. The van der Waals surface area contributed by atoms with Crippen LogP contribution in [0.5, 0.6) is 5.75 Å². The Morgan fingerprint density at radius 1 is 0.979 bits per heavy atom. The number of nitrogens with two attached hydrogens (primary N) is 1. The number of unbranched alkanes of at least 4 members (excludes halogenated alkanes) is 2. The van der Waals surface area contributed by atoms with Crippen LogP contribution in [0.1, 0.15) is 88.4 Å². The molecule has 12 nitrogen and oxygen atoms in total. The second-order valence-corrected chi connectivity index (χ2v) is 13.2. The number of likely N-dealkylation sites (N-methyl/N-ethyl adjacent to an activating group) is 1. The van der Waals surface area contributed by atoms with Crippen LogP contribution in [0.2, 0.25) is 0 Å². The standard InChI is InChI=1S/C36H52N6O6/c1-24-21-42(25(2)23-43)35(46)27-15-12-18-30(34(27)48-31(24)22-41(3)36(47)38-26-13-6-4-7-14-26)40-33(45)20-9-5-8-19-32(44)39-29-17-11-10-16-28(29)37/h10-12,15-18,24-26,31,43H,4-9,13-14,19-23,37H2,1-3H3,(H,38,47)(H,39,44)(H,40,45)/t24-,25-,31-/m0/s1. The number of fused-ring (bicyclic) bond motifs is 1. The van der Waals surface area contributed by atoms with Gasteiger partial charge in [0.1, 0.15) is 6.10 Å². The molecule has 1 saturated carbocycles. The number of anilines is 3. The summed E-state index contributed by atoms with van der Waals surface area (Å²) in [6.45, 7) is 4.14. The van der Waals surface area contributed by atoms with E-state index >= 15 is 0 Å². The number of nitrogens with zero attached hydrogens (tertiary/aromatic N) is 2. The monoisotopic (exact) mass is 664 g/mol. The smallest absolute Gasteiger partial charge is 0.317 e. The lowest BCUT2D eigenvalue weighted by Crippen LogP contribution is -2.52. The molecule has 4 rings (SSSR count). The van der Waals surface area contributed by atoms with E-state index < -0.39 is 12.1 Å². The van der Waals surface area contributed by atoms with Crippen molar-refractivity contribution >= 4 is 40.8 Å². The highest BCUT2D eigenvalue weighted by Gasteiger charge is 2.35. The van der Waals surface area contributed by atoms with Crippen LogP contribution in [-0.2, 0) is 9.59 Å². The molecular weight excluding hydrogens is 612 g/mol. The lowest BCUT2D eigenvalue weighted by molar-refractivity contribution is -0.116. The summed E-state index contributed by atoms with van der Waals surface area (Å²) < 4.78 is 6.55. The summed E-state index contributed by atoms with van der Waals surface area (Å²) in [4.78, 5) is 55.6. The second kappa shape index (κ2) is 17.7. The zero-order chi connectivity index (χ0) is 34.6. The molecule has 0 saturated heterocycles. The minimum atomic E-state index is -0.497. The number of rotatable bonds is 13. The summed E-state index contributed by atoms with van der Waals surface area (Å²) in [5.74, 6) is -0.614. The van der Waals surface area contributed by atoms with Crippen LogP contribution in [-0.4, -0.2) is 83.6 Å². The first-order valence-corrected chi connectivity index (χ1v) is 17.2. The van der Waals surface area contributed by atoms with E-state index in [1.807, 2.05) is 6.92 Å². The number of ether oxygens (including phenoxy) is 1. The van der Waals surface area contributed by atoms with Crippen LogP contribution in [0, 0.1) is 5.92 Å². The lowest BCUT2D eigenvalue weighted by Gasteiger charge is -2.38. The minimum absolute atomic E-state index is 0.132. The summed E-state index contributed by atoms with van der Waals surface area (Å²) in [5.41, 5.74) is 7.64. The van der Waals surface area contributed by atoms with E-state index in [4.69, 9.17) is 10.5 Å². The first kappa shape index (κ1) is 36.5. The van der Waals surface area contributed by atoms with Gasteiger partial charge in [-0.3, -0.25) is 14.4 Å². The predicted molar refractivity (Wildman–Crippen MR) is 187 cm³/mol. The fraction of sp³-hybridized carbons (Fsp3) is 0.556. The third kappa shape index (κ3) is 10.1. The Kier molecular flexibility index (Phi) is 13.5. The van der Waals surface area contributed by atoms with Crippen molar-refractivity contribution < 1.29 is 29.0 Å². The van der Waals surface area contributed by atoms with Crippen molar-refractivity contribution in [3.63, 3.8) is 0 Å². The number of nitrogen functional groups attached to an aromatic ring is 1. The minimum Gasteiger partial charge on any atom is -0.485 e. The number of urea groups is 1. The van der Waals surface area contributed by atoms with E-state index in [-0.39, 0.29) is 66.6 Å². The molecule has 0 spiro atoms. The van der Waals surface area contributed by atoms with E-state index in [9.17, 15) is 24.3 Å². The molecule has 5 amide bonds. The van der Waals surface area contributed by atoms with Crippen LogP contribution in [0.15, 0.2) is 42.5 Å². The molecular formula is C36H52N6O6. The molecule has 6 N–H and O–H groups in total. The Morgan fingerprint density at radius 2 is 1.62 bits per heavy atom. The van der Waals surface area contributed by atoms with Gasteiger partial charge in [-0.15, -0.1) is 0 Å². The number of nitrogens with one attached hydrogen (secondary N) is 3. The van der Waals surface area contributed by atoms with Gasteiger partial charge in [0, 0.05) is 38.4 Å². The molecule has 1 fully saturated rings. The number of amides is 5. The Labute approximate surface area is 283 Å². The number of carbonyl (C=O) groups is 4. The molecule has 1 aliphatic heterocycles. The molecule has 1 aliphatic carbocycles. The number of hydrogen-bond donors (Lipinski definition) is 5. The van der Waals surface area contributed by atoms with Crippen molar-refractivity contribution in [1.82, 2.24) is 15.1 Å². The van der Waals surface area contributed by atoms with Gasteiger partial charge in [-0.25, -0.2) is 4.79 Å². The van der Waals surface area contributed by atoms with Crippen molar-refractivity contribution in [2.45, 2.75) is 96.2 Å². The average Bonchev–Trinajstić information content (AvgIpc) is 3.07. The SMILES string of the molecule is C[C@H]1CN([C@@H](C)CO)C(=O)c2cccc(NC(=O)CCCCCC(=O)Nc3ccccc3N)c2O[C@H]1CN(C)C(=O)NC1CCCCC1. The Bertz CT molecular complexity index is 1410. The highest BCUT2D eigenvalue weighted by atomic mass is 16.5. The number of hydrogen-bond acceptors (Lipinski definition) is 7. The Balaban J connectivity index is 1.40. The number of benzene rings is 2. The van der Waals surface area contributed by atoms with E-state index in [1.165, 1.54) is 6.42 Å². The van der Waals surface area contributed by atoms with Gasteiger partial charge in [-0.05, 0) is 56.9 Å². The molecule has 0 bridgehead atoms. The quantitative estimate of drug-likeness (QED) is 0.149. The number of carbonyl (C=O) groups excluding carboxylic acids is 4. The summed E-state index contributed by atoms with van der Waals surface area (Å²) in [5, 5.41) is 18.9. The molecule has 3 atom stereocenters. The largest absolute Gasteiger partial charge is 0.485 e. The van der Waals surface area contributed by atoms with E-state index in [0.29, 0.717) is 49.3 Å². The van der Waals surface area contributed by atoms with Gasteiger partial charge in [0.2, 0.25) is 11.8 Å². The zero-order valence-corrected chi connectivity index (χ0v) is 28.5. The fourth-order valence-corrected chi connectivity index (χ4v) is 6.23. The van der Waals surface area contributed by atoms with Gasteiger partial charge in [-0.1, -0.05) is 50.8 Å². The molecule has 48 heavy (non-hydrogen) atoms. The molecule has 0 radical (unpaired) electrons. The van der Waals surface area contributed by atoms with Gasteiger partial charge in [-0.2, -0.15) is 0 Å². The number of aliphatic hydroxyl groups is 1. The second-order valence-electron chi connectivity index (χ2n) is 13.2. The van der Waals surface area contributed by atoms with E-state index in [1.54, 1.807) is 66.2 Å². The van der Waals surface area contributed by atoms with Crippen molar-refractivity contribution in [2.24, 2.45) is 5.92 Å². The first-order chi connectivity index (χ1) is 23.1. The third-order valence-electron chi connectivity index (χ3n) is 9.24. The van der Waals surface area contributed by atoms with Gasteiger partial charge in [0.25, 0.3) is 5.91 Å². The maximum absolute atomic E-state index is 13.8. The zero-order valence-electron chi connectivity index (χ0n) is 28.5.